The van der Waals surface area contributed by atoms with Crippen LogP contribution in [0.1, 0.15) is 53.1 Å². The summed E-state index contributed by atoms with van der Waals surface area (Å²) in [5.41, 5.74) is 3.90. The number of anilines is 1. The normalized spacial score (nSPS) is 14.3. The maximum absolute atomic E-state index is 13.0. The number of aryl methyl sites for hydroxylation is 2. The fourth-order valence-electron chi connectivity index (χ4n) is 4.90. The lowest BCUT2D eigenvalue weighted by Crippen LogP contribution is -2.40. The van der Waals surface area contributed by atoms with Gasteiger partial charge in [-0.15, -0.1) is 0 Å². The quantitative estimate of drug-likeness (QED) is 0.405. The second-order valence-corrected chi connectivity index (χ2v) is 9.82. The first-order valence-corrected chi connectivity index (χ1v) is 12.8. The average molecular weight is 521 g/mol. The zero-order chi connectivity index (χ0) is 26.1. The first kappa shape index (κ1) is 24.8. The van der Waals surface area contributed by atoms with Crippen LogP contribution in [0.5, 0.6) is 0 Å². The van der Waals surface area contributed by atoms with E-state index in [1.54, 1.807) is 40.4 Å². The molecular formula is C27H29ClN6O3. The lowest BCUT2D eigenvalue weighted by Gasteiger charge is -2.34. The van der Waals surface area contributed by atoms with Gasteiger partial charge in [0, 0.05) is 49.3 Å². The number of H-pyrrole nitrogens is 1. The largest absolute Gasteiger partial charge is 0.371 e. The molecule has 3 aromatic heterocycles. The number of hydrogen-bond donors (Lipinski definition) is 2. The molecule has 192 valence electrons. The number of hydrogen-bond acceptors (Lipinski definition) is 5. The van der Waals surface area contributed by atoms with Crippen molar-refractivity contribution in [2.45, 2.75) is 45.7 Å². The minimum atomic E-state index is -0.349. The number of benzene rings is 1. The third-order valence-corrected chi connectivity index (χ3v) is 7.19. The van der Waals surface area contributed by atoms with Gasteiger partial charge in [0.15, 0.2) is 0 Å². The molecule has 1 aromatic carbocycles. The predicted octanol–water partition coefficient (Wildman–Crippen LogP) is 3.48. The van der Waals surface area contributed by atoms with Crippen molar-refractivity contribution in [2.75, 3.05) is 18.0 Å². The minimum absolute atomic E-state index is 0.0660. The van der Waals surface area contributed by atoms with E-state index in [9.17, 15) is 14.4 Å². The molecule has 0 atom stereocenters. The van der Waals surface area contributed by atoms with E-state index in [2.05, 4.69) is 32.3 Å². The highest BCUT2D eigenvalue weighted by Crippen LogP contribution is 2.26. The number of pyridine rings is 1. The fraction of sp³-hybridized carbons (Fsp3) is 0.333. The second kappa shape index (κ2) is 10.3. The Morgan fingerprint density at radius 3 is 2.54 bits per heavy atom. The van der Waals surface area contributed by atoms with Crippen LogP contribution in [0.25, 0.3) is 5.65 Å². The van der Waals surface area contributed by atoms with Gasteiger partial charge in [0.1, 0.15) is 11.3 Å². The zero-order valence-corrected chi connectivity index (χ0v) is 21.6. The van der Waals surface area contributed by atoms with E-state index in [0.717, 1.165) is 42.9 Å². The Balaban J connectivity index is 1.21. The summed E-state index contributed by atoms with van der Waals surface area (Å²) in [4.78, 5) is 46.2. The molecule has 1 amide bonds. The third-order valence-electron chi connectivity index (χ3n) is 6.96. The lowest BCUT2D eigenvalue weighted by molar-refractivity contribution is 0.0944. The van der Waals surface area contributed by atoms with Crippen LogP contribution in [0.15, 0.2) is 58.4 Å². The summed E-state index contributed by atoms with van der Waals surface area (Å²) in [5, 5.41) is 3.55. The number of nitrogens with zero attached hydrogens (tertiary/aromatic N) is 4. The summed E-state index contributed by atoms with van der Waals surface area (Å²) in [5.74, 6) is -0.189. The van der Waals surface area contributed by atoms with E-state index in [1.807, 2.05) is 19.1 Å². The standard InChI is InChI=1S/C27H29ClN6O3/c1-3-22-24(34-16-19(28)6-9-23(34)30-22)26(36)29-14-18-4-7-20(8-5-18)32-12-10-21(11-13-32)33-15-17(2)25(35)31-27(33)37/h4-9,15-16,21H,3,10-14H2,1-2H3,(H,29,36)(H,31,35,37). The van der Waals surface area contributed by atoms with Gasteiger partial charge in [-0.1, -0.05) is 30.7 Å². The van der Waals surface area contributed by atoms with Gasteiger partial charge in [-0.25, -0.2) is 9.78 Å². The Morgan fingerprint density at radius 1 is 1.11 bits per heavy atom. The number of rotatable bonds is 6. The van der Waals surface area contributed by atoms with Crippen molar-refractivity contribution in [2.24, 2.45) is 0 Å². The number of carbonyl (C=O) groups is 1. The monoisotopic (exact) mass is 520 g/mol. The Morgan fingerprint density at radius 2 is 1.84 bits per heavy atom. The number of halogens is 1. The predicted molar refractivity (Wildman–Crippen MR) is 144 cm³/mol. The molecule has 10 heteroatoms. The zero-order valence-electron chi connectivity index (χ0n) is 20.8. The van der Waals surface area contributed by atoms with Crippen LogP contribution in [0.2, 0.25) is 5.02 Å². The number of imidazole rings is 1. The molecule has 0 saturated carbocycles. The van der Waals surface area contributed by atoms with Crippen LogP contribution in [-0.4, -0.2) is 37.9 Å². The number of aromatic nitrogens is 4. The van der Waals surface area contributed by atoms with Crippen LogP contribution >= 0.6 is 11.6 Å². The van der Waals surface area contributed by atoms with E-state index in [-0.39, 0.29) is 23.2 Å². The summed E-state index contributed by atoms with van der Waals surface area (Å²) in [7, 11) is 0. The van der Waals surface area contributed by atoms with Gasteiger partial charge < -0.3 is 10.2 Å². The molecule has 1 aliphatic heterocycles. The van der Waals surface area contributed by atoms with Crippen molar-refractivity contribution >= 4 is 28.8 Å². The number of carbonyl (C=O) groups excluding carboxylic acids is 1. The van der Waals surface area contributed by atoms with Crippen molar-refractivity contribution in [1.82, 2.24) is 24.3 Å². The maximum atomic E-state index is 13.0. The van der Waals surface area contributed by atoms with Crippen molar-refractivity contribution in [3.05, 3.63) is 97.2 Å². The number of nitrogens with one attached hydrogen (secondary N) is 2. The van der Waals surface area contributed by atoms with E-state index in [0.29, 0.717) is 34.9 Å². The van der Waals surface area contributed by atoms with Gasteiger partial charge in [0.05, 0.1) is 10.7 Å². The summed E-state index contributed by atoms with van der Waals surface area (Å²) < 4.78 is 3.40. The van der Waals surface area contributed by atoms with Crippen LogP contribution in [0.4, 0.5) is 5.69 Å². The molecule has 37 heavy (non-hydrogen) atoms. The van der Waals surface area contributed by atoms with Gasteiger partial charge in [0.25, 0.3) is 11.5 Å². The summed E-state index contributed by atoms with van der Waals surface area (Å²) >= 11 is 6.15. The van der Waals surface area contributed by atoms with E-state index >= 15 is 0 Å². The Labute approximate surface area is 218 Å². The molecule has 0 unspecified atom stereocenters. The molecule has 0 bridgehead atoms. The molecule has 5 rings (SSSR count). The first-order valence-electron chi connectivity index (χ1n) is 12.4. The Kier molecular flexibility index (Phi) is 6.88. The molecule has 4 aromatic rings. The highest BCUT2D eigenvalue weighted by Gasteiger charge is 2.22. The smallest absolute Gasteiger partial charge is 0.328 e. The average Bonchev–Trinajstić information content (AvgIpc) is 3.27. The van der Waals surface area contributed by atoms with Crippen molar-refractivity contribution < 1.29 is 4.79 Å². The van der Waals surface area contributed by atoms with Crippen LogP contribution in [0.3, 0.4) is 0 Å². The molecule has 0 aliphatic carbocycles. The lowest BCUT2D eigenvalue weighted by atomic mass is 10.0. The van der Waals surface area contributed by atoms with Crippen LogP contribution in [-0.2, 0) is 13.0 Å². The first-order chi connectivity index (χ1) is 17.8. The summed E-state index contributed by atoms with van der Waals surface area (Å²) in [6.07, 6.45) is 5.64. The Hall–Kier alpha value is -3.85. The molecule has 0 radical (unpaired) electrons. The van der Waals surface area contributed by atoms with Crippen molar-refractivity contribution in [3.8, 4) is 0 Å². The van der Waals surface area contributed by atoms with Gasteiger partial charge in [-0.3, -0.25) is 23.5 Å². The van der Waals surface area contributed by atoms with Crippen LogP contribution in [0, 0.1) is 6.92 Å². The molecular weight excluding hydrogens is 492 g/mol. The molecule has 1 aliphatic rings. The molecule has 1 saturated heterocycles. The SMILES string of the molecule is CCc1nc2ccc(Cl)cn2c1C(=O)NCc1ccc(N2CCC(n3cc(C)c(=O)[nH]c3=O)CC2)cc1. The molecule has 4 heterocycles. The topological polar surface area (TPSA) is 104 Å². The molecule has 0 spiro atoms. The Bertz CT molecular complexity index is 1560. The molecule has 9 nitrogen and oxygen atoms in total. The highest BCUT2D eigenvalue weighted by atomic mass is 35.5. The van der Waals surface area contributed by atoms with Gasteiger partial charge in [-0.05, 0) is 56.0 Å². The highest BCUT2D eigenvalue weighted by molar-refractivity contribution is 6.30. The van der Waals surface area contributed by atoms with Crippen molar-refractivity contribution in [3.63, 3.8) is 0 Å². The second-order valence-electron chi connectivity index (χ2n) is 9.38. The van der Waals surface area contributed by atoms with E-state index in [1.165, 1.54) is 0 Å². The summed E-state index contributed by atoms with van der Waals surface area (Å²) in [6.45, 7) is 5.70. The number of amides is 1. The minimum Gasteiger partial charge on any atom is -0.371 e. The number of fused-ring (bicyclic) bond motifs is 1. The van der Waals surface area contributed by atoms with Crippen molar-refractivity contribution in [1.29, 1.82) is 0 Å². The summed E-state index contributed by atoms with van der Waals surface area (Å²) in [6, 6.07) is 11.8. The van der Waals surface area contributed by atoms with Crippen LogP contribution < -0.4 is 21.5 Å². The maximum Gasteiger partial charge on any atom is 0.328 e. The van der Waals surface area contributed by atoms with Gasteiger partial charge in [-0.2, -0.15) is 0 Å². The molecule has 1 fully saturated rings. The fourth-order valence-corrected chi connectivity index (χ4v) is 5.07. The number of piperidine rings is 1. The third kappa shape index (κ3) is 5.04. The van der Waals surface area contributed by atoms with E-state index in [4.69, 9.17) is 11.6 Å². The molecule has 2 N–H and O–H groups in total. The van der Waals surface area contributed by atoms with Gasteiger partial charge in [0.2, 0.25) is 0 Å². The number of aromatic amines is 1. The van der Waals surface area contributed by atoms with Gasteiger partial charge >= 0.3 is 5.69 Å². The van der Waals surface area contributed by atoms with E-state index < -0.39 is 0 Å².